The Labute approximate surface area is 112 Å². The van der Waals surface area contributed by atoms with Crippen LogP contribution in [-0.2, 0) is 4.79 Å². The second-order valence-electron chi connectivity index (χ2n) is 4.72. The van der Waals surface area contributed by atoms with Gasteiger partial charge in [-0.05, 0) is 31.0 Å². The molecule has 5 heteroatoms. The van der Waals surface area contributed by atoms with Crippen LogP contribution in [0, 0.1) is 0 Å². The van der Waals surface area contributed by atoms with Crippen molar-refractivity contribution in [1.29, 1.82) is 0 Å². The van der Waals surface area contributed by atoms with Crippen molar-refractivity contribution in [2.75, 3.05) is 18.5 Å². The Bertz CT molecular complexity index is 483. The Balaban J connectivity index is 2.15. The first kappa shape index (κ1) is 13.5. The lowest BCUT2D eigenvalue weighted by Crippen LogP contribution is -2.35. The number of nitrogens with zero attached hydrogens (tertiary/aromatic N) is 1. The highest BCUT2D eigenvalue weighted by molar-refractivity contribution is 5.97. The van der Waals surface area contributed by atoms with Crippen LogP contribution in [0.1, 0.15) is 30.1 Å². The van der Waals surface area contributed by atoms with E-state index in [1.165, 1.54) is 6.92 Å². The molecule has 1 fully saturated rings. The van der Waals surface area contributed by atoms with Gasteiger partial charge in [0.2, 0.25) is 5.91 Å². The highest BCUT2D eigenvalue weighted by atomic mass is 16.3. The maximum atomic E-state index is 12.4. The van der Waals surface area contributed by atoms with Crippen molar-refractivity contribution in [2.45, 2.75) is 25.8 Å². The molecule has 19 heavy (non-hydrogen) atoms. The number of nitrogens with one attached hydrogen (secondary N) is 1. The Morgan fingerprint density at radius 3 is 2.74 bits per heavy atom. The fourth-order valence-electron chi connectivity index (χ4n) is 2.04. The first-order chi connectivity index (χ1) is 9.11. The van der Waals surface area contributed by atoms with Crippen molar-refractivity contribution >= 4 is 17.5 Å². The highest BCUT2D eigenvalue weighted by Crippen LogP contribution is 2.28. The van der Waals surface area contributed by atoms with E-state index in [9.17, 15) is 9.59 Å². The third-order valence-corrected chi connectivity index (χ3v) is 3.02. The van der Waals surface area contributed by atoms with Crippen LogP contribution in [0.3, 0.4) is 0 Å². The van der Waals surface area contributed by atoms with Crippen molar-refractivity contribution in [2.24, 2.45) is 0 Å². The minimum atomic E-state index is -0.168. The van der Waals surface area contributed by atoms with Gasteiger partial charge in [0.1, 0.15) is 0 Å². The van der Waals surface area contributed by atoms with Crippen LogP contribution >= 0.6 is 0 Å². The first-order valence-electron chi connectivity index (χ1n) is 6.41. The lowest BCUT2D eigenvalue weighted by molar-refractivity contribution is -0.114. The molecule has 0 radical (unpaired) electrons. The molecule has 2 N–H and O–H groups in total. The predicted molar refractivity (Wildman–Crippen MR) is 71.9 cm³/mol. The molecular weight excluding hydrogens is 244 g/mol. The lowest BCUT2D eigenvalue weighted by Gasteiger charge is -2.21. The molecule has 0 unspecified atom stereocenters. The summed E-state index contributed by atoms with van der Waals surface area (Å²) in [6, 6.07) is 7.12. The van der Waals surface area contributed by atoms with Crippen LogP contribution in [0.15, 0.2) is 24.3 Å². The third kappa shape index (κ3) is 3.54. The molecule has 2 amide bonds. The van der Waals surface area contributed by atoms with Crippen LogP contribution < -0.4 is 5.32 Å². The van der Waals surface area contributed by atoms with Gasteiger partial charge in [-0.1, -0.05) is 6.07 Å². The van der Waals surface area contributed by atoms with Gasteiger partial charge in [-0.15, -0.1) is 0 Å². The number of hydrogen-bond acceptors (Lipinski definition) is 3. The molecule has 1 aromatic carbocycles. The number of anilines is 1. The van der Waals surface area contributed by atoms with E-state index in [1.807, 2.05) is 0 Å². The van der Waals surface area contributed by atoms with Gasteiger partial charge in [0.05, 0.1) is 6.61 Å². The molecule has 0 spiro atoms. The molecule has 1 aliphatic rings. The molecule has 0 heterocycles. The largest absolute Gasteiger partial charge is 0.395 e. The first-order valence-corrected chi connectivity index (χ1v) is 6.41. The Kier molecular flexibility index (Phi) is 4.16. The maximum Gasteiger partial charge on any atom is 0.254 e. The van der Waals surface area contributed by atoms with E-state index in [4.69, 9.17) is 5.11 Å². The number of aliphatic hydroxyl groups is 1. The summed E-state index contributed by atoms with van der Waals surface area (Å²) in [5, 5.41) is 11.7. The summed E-state index contributed by atoms with van der Waals surface area (Å²) in [5.74, 6) is -0.261. The van der Waals surface area contributed by atoms with Gasteiger partial charge in [0, 0.05) is 30.8 Å². The Morgan fingerprint density at radius 2 is 2.16 bits per heavy atom. The van der Waals surface area contributed by atoms with Crippen LogP contribution in [0.2, 0.25) is 0 Å². The minimum Gasteiger partial charge on any atom is -0.395 e. The maximum absolute atomic E-state index is 12.4. The molecular formula is C14H18N2O3. The highest BCUT2D eigenvalue weighted by Gasteiger charge is 2.32. The number of aliphatic hydroxyl groups excluding tert-OH is 1. The average Bonchev–Trinajstić information content (AvgIpc) is 3.19. The summed E-state index contributed by atoms with van der Waals surface area (Å²) in [5.41, 5.74) is 1.14. The minimum absolute atomic E-state index is 0.0341. The molecule has 1 saturated carbocycles. The fraction of sp³-hybridized carbons (Fsp3) is 0.429. The summed E-state index contributed by atoms with van der Waals surface area (Å²) in [6.45, 7) is 1.75. The molecule has 2 rings (SSSR count). The van der Waals surface area contributed by atoms with Crippen LogP contribution in [0.5, 0.6) is 0 Å². The van der Waals surface area contributed by atoms with Gasteiger partial charge >= 0.3 is 0 Å². The van der Waals surface area contributed by atoms with Crippen molar-refractivity contribution in [3.63, 3.8) is 0 Å². The van der Waals surface area contributed by atoms with E-state index in [0.29, 0.717) is 17.8 Å². The molecule has 5 nitrogen and oxygen atoms in total. The van der Waals surface area contributed by atoms with Crippen LogP contribution in [-0.4, -0.2) is 41.0 Å². The molecule has 0 atom stereocenters. The van der Waals surface area contributed by atoms with E-state index in [0.717, 1.165) is 12.8 Å². The molecule has 0 bridgehead atoms. The van der Waals surface area contributed by atoms with Crippen molar-refractivity contribution in [1.82, 2.24) is 4.90 Å². The second kappa shape index (κ2) is 5.84. The van der Waals surface area contributed by atoms with E-state index in [-0.39, 0.29) is 24.5 Å². The molecule has 0 aliphatic heterocycles. The molecule has 102 valence electrons. The van der Waals surface area contributed by atoms with Crippen molar-refractivity contribution < 1.29 is 14.7 Å². The summed E-state index contributed by atoms with van der Waals surface area (Å²) >= 11 is 0. The Hall–Kier alpha value is -1.88. The Morgan fingerprint density at radius 1 is 1.42 bits per heavy atom. The number of benzene rings is 1. The number of hydrogen-bond donors (Lipinski definition) is 2. The molecule has 1 aromatic rings. The summed E-state index contributed by atoms with van der Waals surface area (Å²) in [7, 11) is 0. The quantitative estimate of drug-likeness (QED) is 0.839. The number of carbonyl (C=O) groups is 2. The van der Waals surface area contributed by atoms with E-state index in [1.54, 1.807) is 29.2 Å². The van der Waals surface area contributed by atoms with E-state index < -0.39 is 0 Å². The van der Waals surface area contributed by atoms with Crippen LogP contribution in [0.25, 0.3) is 0 Å². The monoisotopic (exact) mass is 262 g/mol. The van der Waals surface area contributed by atoms with Crippen LogP contribution in [0.4, 0.5) is 5.69 Å². The number of carbonyl (C=O) groups excluding carboxylic acids is 2. The number of amides is 2. The fourth-order valence-corrected chi connectivity index (χ4v) is 2.04. The molecule has 0 saturated heterocycles. The van der Waals surface area contributed by atoms with E-state index >= 15 is 0 Å². The normalized spacial score (nSPS) is 14.0. The zero-order valence-electron chi connectivity index (χ0n) is 10.9. The standard InChI is InChI=1S/C14H18N2O3/c1-10(18)15-12-4-2-3-11(9-12)14(19)16(7-8-17)13-5-6-13/h2-4,9,13,17H,5-8H2,1H3,(H,15,18). The predicted octanol–water partition coefficient (Wildman–Crippen LogP) is 1.24. The lowest BCUT2D eigenvalue weighted by atomic mass is 10.1. The number of rotatable bonds is 5. The van der Waals surface area contributed by atoms with E-state index in [2.05, 4.69) is 5.32 Å². The SMILES string of the molecule is CC(=O)Nc1cccc(C(=O)N(CCO)C2CC2)c1. The average molecular weight is 262 g/mol. The van der Waals surface area contributed by atoms with Crippen molar-refractivity contribution in [3.8, 4) is 0 Å². The molecule has 0 aromatic heterocycles. The van der Waals surface area contributed by atoms with Gasteiger partial charge in [-0.3, -0.25) is 9.59 Å². The van der Waals surface area contributed by atoms with Gasteiger partial charge in [-0.2, -0.15) is 0 Å². The topological polar surface area (TPSA) is 69.6 Å². The second-order valence-corrected chi connectivity index (χ2v) is 4.72. The molecule has 1 aliphatic carbocycles. The zero-order valence-corrected chi connectivity index (χ0v) is 10.9. The zero-order chi connectivity index (χ0) is 13.8. The smallest absolute Gasteiger partial charge is 0.254 e. The third-order valence-electron chi connectivity index (χ3n) is 3.02. The summed E-state index contributed by atoms with van der Waals surface area (Å²) in [4.78, 5) is 25.1. The van der Waals surface area contributed by atoms with Gasteiger partial charge in [0.15, 0.2) is 0 Å². The van der Waals surface area contributed by atoms with Gasteiger partial charge in [0.25, 0.3) is 5.91 Å². The summed E-state index contributed by atoms with van der Waals surface area (Å²) < 4.78 is 0. The van der Waals surface area contributed by atoms with Gasteiger partial charge < -0.3 is 15.3 Å². The van der Waals surface area contributed by atoms with Crippen molar-refractivity contribution in [3.05, 3.63) is 29.8 Å². The summed E-state index contributed by atoms with van der Waals surface area (Å²) in [6.07, 6.45) is 1.99. The van der Waals surface area contributed by atoms with Gasteiger partial charge in [-0.25, -0.2) is 0 Å².